The molecule has 0 bridgehead atoms. The number of carbonyl (C=O) groups excluding carboxylic acids is 2. The third-order valence-electron chi connectivity index (χ3n) is 4.05. The fourth-order valence-corrected chi connectivity index (χ4v) is 2.76. The van der Waals surface area contributed by atoms with E-state index in [4.69, 9.17) is 9.47 Å². The Morgan fingerprint density at radius 1 is 1.30 bits per heavy atom. The Bertz CT molecular complexity index is 914. The lowest BCUT2D eigenvalue weighted by Crippen LogP contribution is -2.47. The van der Waals surface area contributed by atoms with Crippen molar-refractivity contribution in [2.75, 3.05) is 23.9 Å². The number of nitro benzene ring substituents is 1. The lowest BCUT2D eigenvalue weighted by molar-refractivity contribution is -0.386. The van der Waals surface area contributed by atoms with Crippen molar-refractivity contribution in [3.63, 3.8) is 0 Å². The summed E-state index contributed by atoms with van der Waals surface area (Å²) in [5.41, 5.74) is 0.747. The molecule has 9 nitrogen and oxygen atoms in total. The number of fused-ring (bicyclic) bond motifs is 1. The van der Waals surface area contributed by atoms with E-state index in [0.29, 0.717) is 17.1 Å². The smallest absolute Gasteiger partial charge is 0.314 e. The van der Waals surface area contributed by atoms with E-state index in [2.05, 4.69) is 5.32 Å². The predicted molar refractivity (Wildman–Crippen MR) is 97.2 cm³/mol. The van der Waals surface area contributed by atoms with Gasteiger partial charge in [0.05, 0.1) is 29.5 Å². The van der Waals surface area contributed by atoms with Gasteiger partial charge in [-0.15, -0.1) is 0 Å². The molecule has 27 heavy (non-hydrogen) atoms. The SMILES string of the molecule is COc1ccc(O[C@@H](C)C(=O)N2CC(=O)Nc3ccccc32)c([N+](=O)[O-])c1. The number of nitrogens with one attached hydrogen (secondary N) is 1. The number of benzene rings is 2. The first-order chi connectivity index (χ1) is 12.9. The second-order valence-electron chi connectivity index (χ2n) is 5.84. The molecule has 0 radical (unpaired) electrons. The van der Waals surface area contributed by atoms with Gasteiger partial charge in [0.25, 0.3) is 5.91 Å². The summed E-state index contributed by atoms with van der Waals surface area (Å²) in [6.07, 6.45) is -1.05. The van der Waals surface area contributed by atoms with Crippen molar-refractivity contribution in [3.8, 4) is 11.5 Å². The fraction of sp³-hybridized carbons (Fsp3) is 0.222. The Morgan fingerprint density at radius 3 is 2.74 bits per heavy atom. The number of rotatable bonds is 5. The lowest BCUT2D eigenvalue weighted by atomic mass is 10.1. The average Bonchev–Trinajstić information content (AvgIpc) is 2.66. The molecule has 1 N–H and O–H groups in total. The third kappa shape index (κ3) is 3.66. The summed E-state index contributed by atoms with van der Waals surface area (Å²) < 4.78 is 10.5. The molecule has 0 aromatic heterocycles. The topological polar surface area (TPSA) is 111 Å². The number of nitro groups is 1. The number of ether oxygens (including phenoxy) is 2. The molecule has 0 saturated heterocycles. The van der Waals surface area contributed by atoms with Crippen LogP contribution in [0, 0.1) is 10.1 Å². The molecule has 0 saturated carbocycles. The van der Waals surface area contributed by atoms with E-state index in [-0.39, 0.29) is 23.9 Å². The Kier molecular flexibility index (Phi) is 4.93. The second-order valence-corrected chi connectivity index (χ2v) is 5.84. The van der Waals surface area contributed by atoms with Gasteiger partial charge in [-0.3, -0.25) is 24.6 Å². The minimum atomic E-state index is -1.05. The van der Waals surface area contributed by atoms with E-state index < -0.39 is 16.9 Å². The highest BCUT2D eigenvalue weighted by Crippen LogP contribution is 2.33. The van der Waals surface area contributed by atoms with Crippen molar-refractivity contribution in [2.45, 2.75) is 13.0 Å². The maximum absolute atomic E-state index is 12.8. The summed E-state index contributed by atoms with van der Waals surface area (Å²) in [6, 6.07) is 11.0. The van der Waals surface area contributed by atoms with Gasteiger partial charge in [-0.2, -0.15) is 0 Å². The van der Waals surface area contributed by atoms with Crippen LogP contribution in [0.25, 0.3) is 0 Å². The van der Waals surface area contributed by atoms with Gasteiger partial charge in [-0.1, -0.05) is 12.1 Å². The Hall–Kier alpha value is -3.62. The molecule has 0 unspecified atom stereocenters. The number of hydrogen-bond acceptors (Lipinski definition) is 6. The van der Waals surface area contributed by atoms with Crippen LogP contribution < -0.4 is 19.7 Å². The van der Waals surface area contributed by atoms with Gasteiger partial charge in [-0.25, -0.2) is 0 Å². The number of nitrogens with zero attached hydrogens (tertiary/aromatic N) is 2. The van der Waals surface area contributed by atoms with Crippen LogP contribution in [0.1, 0.15) is 6.92 Å². The zero-order valence-electron chi connectivity index (χ0n) is 14.7. The van der Waals surface area contributed by atoms with Gasteiger partial charge in [0, 0.05) is 0 Å². The number of hydrogen-bond donors (Lipinski definition) is 1. The molecule has 1 aliphatic heterocycles. The first kappa shape index (κ1) is 18.2. The number of anilines is 2. The van der Waals surface area contributed by atoms with Crippen LogP contribution in [0.2, 0.25) is 0 Å². The van der Waals surface area contributed by atoms with E-state index in [9.17, 15) is 19.7 Å². The summed E-state index contributed by atoms with van der Waals surface area (Å²) in [7, 11) is 1.39. The zero-order valence-corrected chi connectivity index (χ0v) is 14.7. The van der Waals surface area contributed by atoms with Gasteiger partial charge in [0.1, 0.15) is 12.3 Å². The quantitative estimate of drug-likeness (QED) is 0.638. The molecular weight excluding hydrogens is 354 g/mol. The monoisotopic (exact) mass is 371 g/mol. The van der Waals surface area contributed by atoms with Crippen molar-refractivity contribution < 1.29 is 24.0 Å². The predicted octanol–water partition coefficient (Wildman–Crippen LogP) is 2.36. The molecule has 3 rings (SSSR count). The zero-order chi connectivity index (χ0) is 19.6. The van der Waals surface area contributed by atoms with Gasteiger partial charge in [-0.05, 0) is 31.2 Å². The summed E-state index contributed by atoms with van der Waals surface area (Å²) >= 11 is 0. The maximum Gasteiger partial charge on any atom is 0.314 e. The molecule has 0 aliphatic carbocycles. The summed E-state index contributed by atoms with van der Waals surface area (Å²) in [6.45, 7) is 1.32. The molecule has 0 spiro atoms. The van der Waals surface area contributed by atoms with Crippen LogP contribution in [-0.4, -0.2) is 36.5 Å². The van der Waals surface area contributed by atoms with Crippen molar-refractivity contribution in [2.24, 2.45) is 0 Å². The Morgan fingerprint density at radius 2 is 2.04 bits per heavy atom. The molecule has 0 fully saturated rings. The van der Waals surface area contributed by atoms with Crippen LogP contribution in [0.4, 0.5) is 17.1 Å². The highest BCUT2D eigenvalue weighted by molar-refractivity contribution is 6.10. The largest absolute Gasteiger partial charge is 0.496 e. The molecule has 1 aliphatic rings. The van der Waals surface area contributed by atoms with Crippen LogP contribution in [-0.2, 0) is 9.59 Å². The fourth-order valence-electron chi connectivity index (χ4n) is 2.76. The average molecular weight is 371 g/mol. The van der Waals surface area contributed by atoms with Gasteiger partial charge in [0.2, 0.25) is 5.91 Å². The minimum Gasteiger partial charge on any atom is -0.496 e. The highest BCUT2D eigenvalue weighted by Gasteiger charge is 2.31. The van der Waals surface area contributed by atoms with Crippen LogP contribution >= 0.6 is 0 Å². The van der Waals surface area contributed by atoms with Crippen molar-refractivity contribution in [3.05, 3.63) is 52.6 Å². The first-order valence-corrected chi connectivity index (χ1v) is 8.10. The summed E-state index contributed by atoms with van der Waals surface area (Å²) in [5, 5.41) is 14.0. The van der Waals surface area contributed by atoms with E-state index in [1.165, 1.54) is 37.1 Å². The molecule has 9 heteroatoms. The molecule has 140 valence electrons. The van der Waals surface area contributed by atoms with E-state index >= 15 is 0 Å². The number of amides is 2. The van der Waals surface area contributed by atoms with Gasteiger partial charge in [0.15, 0.2) is 11.9 Å². The minimum absolute atomic E-state index is 0.0589. The molecule has 1 heterocycles. The summed E-state index contributed by atoms with van der Waals surface area (Å²) in [4.78, 5) is 36.7. The van der Waals surface area contributed by atoms with Crippen LogP contribution in [0.3, 0.4) is 0 Å². The standard InChI is InChI=1S/C18H17N3O6/c1-11(27-16-8-7-12(26-2)9-15(16)21(24)25)18(23)20-10-17(22)19-13-5-3-4-6-14(13)20/h3-9,11H,10H2,1-2H3,(H,19,22)/t11-/m0/s1. The van der Waals surface area contributed by atoms with Crippen LogP contribution in [0.5, 0.6) is 11.5 Å². The van der Waals surface area contributed by atoms with Crippen molar-refractivity contribution in [1.82, 2.24) is 0 Å². The molecule has 1 atom stereocenters. The highest BCUT2D eigenvalue weighted by atomic mass is 16.6. The van der Waals surface area contributed by atoms with E-state index in [1.807, 2.05) is 0 Å². The van der Waals surface area contributed by atoms with Crippen LogP contribution in [0.15, 0.2) is 42.5 Å². The molecule has 2 amide bonds. The second kappa shape index (κ2) is 7.32. The maximum atomic E-state index is 12.8. The van der Waals surface area contributed by atoms with E-state index in [1.54, 1.807) is 24.3 Å². The van der Waals surface area contributed by atoms with E-state index in [0.717, 1.165) is 0 Å². The van der Waals surface area contributed by atoms with Gasteiger partial charge >= 0.3 is 5.69 Å². The normalized spacial score (nSPS) is 14.0. The molecule has 2 aromatic rings. The Balaban J connectivity index is 1.85. The third-order valence-corrected chi connectivity index (χ3v) is 4.05. The number of carbonyl (C=O) groups is 2. The van der Waals surface area contributed by atoms with Crippen molar-refractivity contribution in [1.29, 1.82) is 0 Å². The first-order valence-electron chi connectivity index (χ1n) is 8.10. The molecular formula is C18H17N3O6. The number of para-hydroxylation sites is 2. The molecule has 2 aromatic carbocycles. The lowest BCUT2D eigenvalue weighted by Gasteiger charge is -2.31. The summed E-state index contributed by atoms with van der Waals surface area (Å²) in [5.74, 6) is -0.571. The number of methoxy groups -OCH3 is 1. The van der Waals surface area contributed by atoms with Crippen molar-refractivity contribution >= 4 is 28.9 Å². The Labute approximate surface area is 154 Å². The van der Waals surface area contributed by atoms with Gasteiger partial charge < -0.3 is 14.8 Å².